The van der Waals surface area contributed by atoms with E-state index in [2.05, 4.69) is 10.6 Å². The van der Waals surface area contributed by atoms with Gasteiger partial charge in [0.15, 0.2) is 0 Å². The molecule has 1 aromatic carbocycles. The van der Waals surface area contributed by atoms with Gasteiger partial charge in [-0.3, -0.25) is 9.69 Å². The van der Waals surface area contributed by atoms with E-state index in [0.29, 0.717) is 36.6 Å². The monoisotopic (exact) mass is 318 g/mol. The highest BCUT2D eigenvalue weighted by Crippen LogP contribution is 2.31. The molecule has 1 aromatic rings. The molecular formula is C16H22N4O3. The molecule has 7 nitrogen and oxygen atoms in total. The highest BCUT2D eigenvalue weighted by molar-refractivity contribution is 6.00. The first-order chi connectivity index (χ1) is 11.1. The molecule has 1 atom stereocenters. The first kappa shape index (κ1) is 15.6. The zero-order valence-corrected chi connectivity index (χ0v) is 13.5. The molecule has 0 bridgehead atoms. The summed E-state index contributed by atoms with van der Waals surface area (Å²) < 4.78 is 5.35. The molecule has 0 aliphatic carbocycles. The predicted molar refractivity (Wildman–Crippen MR) is 87.1 cm³/mol. The lowest BCUT2D eigenvalue weighted by atomic mass is 10.1. The Hall–Kier alpha value is -2.28. The molecule has 0 unspecified atom stereocenters. The van der Waals surface area contributed by atoms with Crippen molar-refractivity contribution in [3.8, 4) is 5.75 Å². The van der Waals surface area contributed by atoms with Crippen LogP contribution in [0, 0.1) is 0 Å². The second-order valence-electron chi connectivity index (χ2n) is 5.82. The van der Waals surface area contributed by atoms with Gasteiger partial charge in [-0.2, -0.15) is 0 Å². The number of methoxy groups -OCH3 is 1. The Labute approximate surface area is 135 Å². The molecular weight excluding hydrogens is 296 g/mol. The molecule has 0 radical (unpaired) electrons. The summed E-state index contributed by atoms with van der Waals surface area (Å²) in [5.41, 5.74) is 1.21. The minimum atomic E-state index is -0.163. The third kappa shape index (κ3) is 2.96. The van der Waals surface area contributed by atoms with Gasteiger partial charge in [0, 0.05) is 44.3 Å². The zero-order chi connectivity index (χ0) is 16.4. The molecule has 23 heavy (non-hydrogen) atoms. The van der Waals surface area contributed by atoms with Gasteiger partial charge in [0.25, 0.3) is 5.91 Å². The van der Waals surface area contributed by atoms with E-state index in [1.807, 2.05) is 11.8 Å². The zero-order valence-electron chi connectivity index (χ0n) is 13.5. The van der Waals surface area contributed by atoms with E-state index in [4.69, 9.17) is 4.74 Å². The van der Waals surface area contributed by atoms with Crippen LogP contribution in [0.4, 0.5) is 10.5 Å². The number of hydrogen-bond donors (Lipinski definition) is 2. The summed E-state index contributed by atoms with van der Waals surface area (Å²) >= 11 is 0. The Bertz CT molecular complexity index is 619. The van der Waals surface area contributed by atoms with Gasteiger partial charge in [0.2, 0.25) is 0 Å². The topological polar surface area (TPSA) is 73.9 Å². The lowest BCUT2D eigenvalue weighted by molar-refractivity contribution is 0.0655. The molecule has 0 saturated carbocycles. The Morgan fingerprint density at radius 1 is 1.30 bits per heavy atom. The number of carbonyl (C=O) groups is 2. The second-order valence-corrected chi connectivity index (χ2v) is 5.82. The largest absolute Gasteiger partial charge is 0.495 e. The standard InChI is InChI=1S/C16H22N4O3/c1-11-10-17-5-7-19(11)15(21)12-3-4-14(23-2)13(9-12)20-8-6-18-16(20)22/h3-4,9,11,17H,5-8,10H2,1-2H3,(H,18,22)/t11-/m1/s1. The Kier molecular flexibility index (Phi) is 4.38. The van der Waals surface area contributed by atoms with Crippen molar-refractivity contribution < 1.29 is 14.3 Å². The molecule has 2 fully saturated rings. The maximum absolute atomic E-state index is 12.8. The fourth-order valence-corrected chi connectivity index (χ4v) is 3.04. The molecule has 3 amide bonds. The van der Waals surface area contributed by atoms with Crippen LogP contribution in [0.1, 0.15) is 17.3 Å². The van der Waals surface area contributed by atoms with E-state index in [1.54, 1.807) is 30.2 Å². The first-order valence-electron chi connectivity index (χ1n) is 7.87. The number of benzene rings is 1. The van der Waals surface area contributed by atoms with Crippen LogP contribution in [0.2, 0.25) is 0 Å². The summed E-state index contributed by atoms with van der Waals surface area (Å²) in [6.45, 7) is 5.47. The summed E-state index contributed by atoms with van der Waals surface area (Å²) in [5.74, 6) is 0.578. The average Bonchev–Trinajstić information content (AvgIpc) is 3.00. The van der Waals surface area contributed by atoms with Crippen molar-refractivity contribution in [3.63, 3.8) is 0 Å². The van der Waals surface area contributed by atoms with E-state index in [-0.39, 0.29) is 18.0 Å². The number of urea groups is 1. The molecule has 2 heterocycles. The minimum absolute atomic E-state index is 0.0116. The summed E-state index contributed by atoms with van der Waals surface area (Å²) in [7, 11) is 1.56. The maximum Gasteiger partial charge on any atom is 0.322 e. The lowest BCUT2D eigenvalue weighted by Crippen LogP contribution is -2.52. The highest BCUT2D eigenvalue weighted by atomic mass is 16.5. The van der Waals surface area contributed by atoms with Crippen molar-refractivity contribution in [2.24, 2.45) is 0 Å². The van der Waals surface area contributed by atoms with Crippen molar-refractivity contribution in [3.05, 3.63) is 23.8 Å². The van der Waals surface area contributed by atoms with E-state index in [0.717, 1.165) is 13.1 Å². The van der Waals surface area contributed by atoms with Gasteiger partial charge < -0.3 is 20.3 Å². The molecule has 0 aromatic heterocycles. The van der Waals surface area contributed by atoms with Crippen LogP contribution in [-0.4, -0.2) is 62.7 Å². The molecule has 2 saturated heterocycles. The lowest BCUT2D eigenvalue weighted by Gasteiger charge is -2.34. The summed E-state index contributed by atoms with van der Waals surface area (Å²) in [4.78, 5) is 28.2. The van der Waals surface area contributed by atoms with Crippen LogP contribution in [0.15, 0.2) is 18.2 Å². The van der Waals surface area contributed by atoms with Crippen molar-refractivity contribution in [2.75, 3.05) is 44.7 Å². The summed E-state index contributed by atoms with van der Waals surface area (Å²) in [6, 6.07) is 5.25. The van der Waals surface area contributed by atoms with Crippen molar-refractivity contribution >= 4 is 17.6 Å². The Morgan fingerprint density at radius 2 is 2.13 bits per heavy atom. The number of nitrogens with one attached hydrogen (secondary N) is 2. The number of rotatable bonds is 3. The SMILES string of the molecule is COc1ccc(C(=O)N2CCNC[C@H]2C)cc1N1CCNC1=O. The van der Waals surface area contributed by atoms with Gasteiger partial charge in [0.1, 0.15) is 5.75 Å². The van der Waals surface area contributed by atoms with Crippen LogP contribution in [0.5, 0.6) is 5.75 Å². The smallest absolute Gasteiger partial charge is 0.322 e. The molecule has 7 heteroatoms. The normalized spacial score (nSPS) is 21.3. The molecule has 3 rings (SSSR count). The number of piperazine rings is 1. The van der Waals surface area contributed by atoms with E-state index in [1.165, 1.54) is 0 Å². The van der Waals surface area contributed by atoms with Crippen LogP contribution in [0.3, 0.4) is 0 Å². The van der Waals surface area contributed by atoms with Crippen LogP contribution in [-0.2, 0) is 0 Å². The van der Waals surface area contributed by atoms with Crippen LogP contribution in [0.25, 0.3) is 0 Å². The molecule has 2 N–H and O–H groups in total. The van der Waals surface area contributed by atoms with Crippen molar-refractivity contribution in [1.82, 2.24) is 15.5 Å². The van der Waals surface area contributed by atoms with Crippen molar-refractivity contribution in [2.45, 2.75) is 13.0 Å². The number of carbonyl (C=O) groups excluding carboxylic acids is 2. The molecule has 0 spiro atoms. The Balaban J connectivity index is 1.91. The van der Waals surface area contributed by atoms with Gasteiger partial charge in [-0.25, -0.2) is 4.79 Å². The van der Waals surface area contributed by atoms with E-state index in [9.17, 15) is 9.59 Å². The van der Waals surface area contributed by atoms with E-state index < -0.39 is 0 Å². The number of anilines is 1. The fraction of sp³-hybridized carbons (Fsp3) is 0.500. The third-order valence-electron chi connectivity index (χ3n) is 4.34. The fourth-order valence-electron chi connectivity index (χ4n) is 3.04. The van der Waals surface area contributed by atoms with Crippen LogP contribution >= 0.6 is 0 Å². The molecule has 124 valence electrons. The number of amides is 3. The van der Waals surface area contributed by atoms with Crippen molar-refractivity contribution in [1.29, 1.82) is 0 Å². The molecule has 2 aliphatic heterocycles. The molecule has 2 aliphatic rings. The van der Waals surface area contributed by atoms with Gasteiger partial charge in [-0.1, -0.05) is 0 Å². The Morgan fingerprint density at radius 3 is 2.78 bits per heavy atom. The quantitative estimate of drug-likeness (QED) is 0.859. The van der Waals surface area contributed by atoms with Crippen LogP contribution < -0.4 is 20.3 Å². The summed E-state index contributed by atoms with van der Waals surface area (Å²) in [5, 5.41) is 6.04. The minimum Gasteiger partial charge on any atom is -0.495 e. The van der Waals surface area contributed by atoms with Gasteiger partial charge in [-0.15, -0.1) is 0 Å². The maximum atomic E-state index is 12.8. The number of ether oxygens (including phenoxy) is 1. The number of hydrogen-bond acceptors (Lipinski definition) is 4. The highest BCUT2D eigenvalue weighted by Gasteiger charge is 2.28. The predicted octanol–water partition coefficient (Wildman–Crippen LogP) is 0.659. The second kappa shape index (κ2) is 6.45. The van der Waals surface area contributed by atoms with Gasteiger partial charge >= 0.3 is 6.03 Å². The number of nitrogens with zero attached hydrogens (tertiary/aromatic N) is 2. The first-order valence-corrected chi connectivity index (χ1v) is 7.87. The van der Waals surface area contributed by atoms with Gasteiger partial charge in [0.05, 0.1) is 12.8 Å². The average molecular weight is 318 g/mol. The third-order valence-corrected chi connectivity index (χ3v) is 4.34. The van der Waals surface area contributed by atoms with Gasteiger partial charge in [-0.05, 0) is 25.1 Å². The van der Waals surface area contributed by atoms with E-state index >= 15 is 0 Å². The summed E-state index contributed by atoms with van der Waals surface area (Å²) in [6.07, 6.45) is 0.